The summed E-state index contributed by atoms with van der Waals surface area (Å²) in [6, 6.07) is -0.0146. The van der Waals surface area contributed by atoms with E-state index >= 15 is 0 Å². The number of amides is 1. The monoisotopic (exact) mass is 270 g/mol. The largest absolute Gasteiger partial charge is 0.340 e. The molecule has 0 aromatic rings. The van der Waals surface area contributed by atoms with Crippen molar-refractivity contribution in [3.8, 4) is 0 Å². The summed E-state index contributed by atoms with van der Waals surface area (Å²) in [5.74, 6) is 0.582. The summed E-state index contributed by atoms with van der Waals surface area (Å²) in [5, 5.41) is 0. The van der Waals surface area contributed by atoms with Crippen molar-refractivity contribution in [3.05, 3.63) is 0 Å². The van der Waals surface area contributed by atoms with Crippen molar-refractivity contribution in [2.75, 3.05) is 53.4 Å². The van der Waals surface area contributed by atoms with Crippen LogP contribution in [0.2, 0.25) is 0 Å². The lowest BCUT2D eigenvalue weighted by Gasteiger charge is -2.35. The molecule has 1 amide bonds. The SMILES string of the molecule is CC(C)C(N)CC(=O)N1CCN(CCN(C)C)CC1. The molecular weight excluding hydrogens is 240 g/mol. The summed E-state index contributed by atoms with van der Waals surface area (Å²) >= 11 is 0. The highest BCUT2D eigenvalue weighted by Gasteiger charge is 2.23. The molecule has 1 heterocycles. The molecule has 112 valence electrons. The van der Waals surface area contributed by atoms with Gasteiger partial charge in [0.2, 0.25) is 5.91 Å². The van der Waals surface area contributed by atoms with Gasteiger partial charge in [-0.15, -0.1) is 0 Å². The Morgan fingerprint density at radius 3 is 2.26 bits per heavy atom. The quantitative estimate of drug-likeness (QED) is 0.742. The minimum atomic E-state index is -0.0146. The molecule has 1 rings (SSSR count). The number of hydrogen-bond acceptors (Lipinski definition) is 4. The smallest absolute Gasteiger partial charge is 0.224 e. The van der Waals surface area contributed by atoms with Gasteiger partial charge < -0.3 is 15.5 Å². The Labute approximate surface area is 117 Å². The Balaban J connectivity index is 2.27. The second kappa shape index (κ2) is 7.82. The third kappa shape index (κ3) is 5.89. The van der Waals surface area contributed by atoms with Gasteiger partial charge in [0.1, 0.15) is 0 Å². The number of likely N-dealkylation sites (N-methyl/N-ethyl adjacent to an activating group) is 1. The molecule has 1 unspecified atom stereocenters. The first-order valence-electron chi connectivity index (χ1n) is 7.30. The molecule has 19 heavy (non-hydrogen) atoms. The fraction of sp³-hybridized carbons (Fsp3) is 0.929. The Morgan fingerprint density at radius 2 is 1.79 bits per heavy atom. The van der Waals surface area contributed by atoms with Gasteiger partial charge in [0, 0.05) is 51.7 Å². The number of nitrogens with two attached hydrogens (primary N) is 1. The zero-order chi connectivity index (χ0) is 14.4. The molecule has 0 saturated carbocycles. The Hall–Kier alpha value is -0.650. The van der Waals surface area contributed by atoms with Crippen molar-refractivity contribution in [2.45, 2.75) is 26.3 Å². The van der Waals surface area contributed by atoms with Crippen molar-refractivity contribution in [1.82, 2.24) is 14.7 Å². The fourth-order valence-electron chi connectivity index (χ4n) is 2.13. The summed E-state index contributed by atoms with van der Waals surface area (Å²) in [6.45, 7) is 9.95. The number of hydrogen-bond donors (Lipinski definition) is 1. The van der Waals surface area contributed by atoms with E-state index in [0.717, 1.165) is 39.3 Å². The molecule has 1 aliphatic rings. The lowest BCUT2D eigenvalue weighted by atomic mass is 10.0. The highest BCUT2D eigenvalue weighted by molar-refractivity contribution is 5.77. The van der Waals surface area contributed by atoms with E-state index in [0.29, 0.717) is 12.3 Å². The molecule has 5 heteroatoms. The van der Waals surface area contributed by atoms with Crippen molar-refractivity contribution in [1.29, 1.82) is 0 Å². The molecule has 1 atom stereocenters. The van der Waals surface area contributed by atoms with E-state index in [1.165, 1.54) is 0 Å². The zero-order valence-electron chi connectivity index (χ0n) is 12.9. The second-order valence-corrected chi connectivity index (χ2v) is 6.14. The number of carbonyl (C=O) groups is 1. The molecule has 1 fully saturated rings. The van der Waals surface area contributed by atoms with E-state index < -0.39 is 0 Å². The predicted octanol–water partition coefficient (Wildman–Crippen LogP) is 0.0656. The van der Waals surface area contributed by atoms with Crippen LogP contribution in [0.5, 0.6) is 0 Å². The molecule has 2 N–H and O–H groups in total. The van der Waals surface area contributed by atoms with Gasteiger partial charge >= 0.3 is 0 Å². The molecule has 0 bridgehead atoms. The average molecular weight is 270 g/mol. The van der Waals surface area contributed by atoms with E-state index in [4.69, 9.17) is 5.73 Å². The first-order valence-corrected chi connectivity index (χ1v) is 7.30. The maximum Gasteiger partial charge on any atom is 0.224 e. The first-order chi connectivity index (χ1) is 8.90. The highest BCUT2D eigenvalue weighted by Crippen LogP contribution is 2.08. The van der Waals surface area contributed by atoms with Crippen LogP contribution in [0.3, 0.4) is 0 Å². The summed E-state index contributed by atoms with van der Waals surface area (Å²) in [7, 11) is 4.18. The van der Waals surface area contributed by atoms with Crippen LogP contribution in [0.25, 0.3) is 0 Å². The number of carbonyl (C=O) groups excluding carboxylic acids is 1. The van der Waals surface area contributed by atoms with Crippen molar-refractivity contribution < 1.29 is 4.79 Å². The van der Waals surface area contributed by atoms with Crippen LogP contribution in [0.4, 0.5) is 0 Å². The summed E-state index contributed by atoms with van der Waals surface area (Å²) in [6.07, 6.45) is 0.482. The maximum absolute atomic E-state index is 12.1. The summed E-state index contributed by atoms with van der Waals surface area (Å²) in [4.78, 5) is 18.7. The highest BCUT2D eigenvalue weighted by atomic mass is 16.2. The Bertz CT molecular complexity index is 273. The third-order valence-electron chi connectivity index (χ3n) is 3.86. The zero-order valence-corrected chi connectivity index (χ0v) is 12.9. The lowest BCUT2D eigenvalue weighted by Crippen LogP contribution is -2.51. The van der Waals surface area contributed by atoms with Crippen LogP contribution in [-0.4, -0.2) is 80.0 Å². The van der Waals surface area contributed by atoms with Crippen LogP contribution in [0.15, 0.2) is 0 Å². The number of rotatable bonds is 6. The molecule has 0 spiro atoms. The minimum Gasteiger partial charge on any atom is -0.340 e. The summed E-state index contributed by atoms with van der Waals surface area (Å²) in [5.41, 5.74) is 5.97. The normalized spacial score (nSPS) is 19.2. The minimum absolute atomic E-state index is 0.0146. The van der Waals surface area contributed by atoms with Crippen LogP contribution in [0, 0.1) is 5.92 Å². The molecule has 0 radical (unpaired) electrons. The van der Waals surface area contributed by atoms with Gasteiger partial charge in [-0.25, -0.2) is 0 Å². The van der Waals surface area contributed by atoms with Crippen molar-refractivity contribution in [2.24, 2.45) is 11.7 Å². The molecular formula is C14H30N4O. The molecule has 0 aromatic carbocycles. The van der Waals surface area contributed by atoms with Gasteiger partial charge in [-0.05, 0) is 20.0 Å². The van der Waals surface area contributed by atoms with Crippen LogP contribution >= 0.6 is 0 Å². The van der Waals surface area contributed by atoms with Crippen molar-refractivity contribution in [3.63, 3.8) is 0 Å². The number of piperazine rings is 1. The van der Waals surface area contributed by atoms with Gasteiger partial charge in [-0.2, -0.15) is 0 Å². The fourth-order valence-corrected chi connectivity index (χ4v) is 2.13. The molecule has 0 aromatic heterocycles. The standard InChI is InChI=1S/C14H30N4O/c1-12(2)13(15)11-14(19)18-9-7-17(8-10-18)6-5-16(3)4/h12-13H,5-11,15H2,1-4H3. The van der Waals surface area contributed by atoms with Crippen LogP contribution < -0.4 is 5.73 Å². The third-order valence-corrected chi connectivity index (χ3v) is 3.86. The van der Waals surface area contributed by atoms with Crippen molar-refractivity contribution >= 4 is 5.91 Å². The van der Waals surface area contributed by atoms with Gasteiger partial charge in [-0.3, -0.25) is 9.69 Å². The van der Waals surface area contributed by atoms with Gasteiger partial charge in [0.25, 0.3) is 0 Å². The van der Waals surface area contributed by atoms with Crippen LogP contribution in [-0.2, 0) is 4.79 Å². The van der Waals surface area contributed by atoms with Gasteiger partial charge in [0.05, 0.1) is 0 Å². The molecule has 5 nitrogen and oxygen atoms in total. The van der Waals surface area contributed by atoms with E-state index in [9.17, 15) is 4.79 Å². The summed E-state index contributed by atoms with van der Waals surface area (Å²) < 4.78 is 0. The van der Waals surface area contributed by atoms with Gasteiger partial charge in [0.15, 0.2) is 0 Å². The molecule has 1 saturated heterocycles. The molecule has 0 aliphatic carbocycles. The van der Waals surface area contributed by atoms with Crippen LogP contribution in [0.1, 0.15) is 20.3 Å². The Morgan fingerprint density at radius 1 is 1.21 bits per heavy atom. The van der Waals surface area contributed by atoms with E-state index in [1.807, 2.05) is 4.90 Å². The second-order valence-electron chi connectivity index (χ2n) is 6.14. The Kier molecular flexibility index (Phi) is 6.75. The van der Waals surface area contributed by atoms with Gasteiger partial charge in [-0.1, -0.05) is 13.8 Å². The predicted molar refractivity (Wildman–Crippen MR) is 79.0 cm³/mol. The first kappa shape index (κ1) is 16.4. The average Bonchev–Trinajstić information content (AvgIpc) is 2.36. The lowest BCUT2D eigenvalue weighted by molar-refractivity contribution is -0.133. The van der Waals surface area contributed by atoms with E-state index in [2.05, 4.69) is 37.7 Å². The number of nitrogens with zero attached hydrogens (tertiary/aromatic N) is 3. The van der Waals surface area contributed by atoms with E-state index in [-0.39, 0.29) is 11.9 Å². The maximum atomic E-state index is 12.1. The topological polar surface area (TPSA) is 52.8 Å². The molecule has 1 aliphatic heterocycles. The van der Waals surface area contributed by atoms with E-state index in [1.54, 1.807) is 0 Å².